The highest BCUT2D eigenvalue weighted by Crippen LogP contribution is 2.39. The fraction of sp³-hybridized carbons (Fsp3) is 0.500. The third-order valence-corrected chi connectivity index (χ3v) is 9.14. The highest BCUT2D eigenvalue weighted by atomic mass is 35.5. The van der Waals surface area contributed by atoms with Gasteiger partial charge in [0.15, 0.2) is 6.61 Å². The summed E-state index contributed by atoms with van der Waals surface area (Å²) < 4.78 is 33.2. The zero-order valence-corrected chi connectivity index (χ0v) is 17.9. The lowest BCUT2D eigenvalue weighted by atomic mass is 10.2. The van der Waals surface area contributed by atoms with Gasteiger partial charge < -0.3 is 15.0 Å². The van der Waals surface area contributed by atoms with Crippen LogP contribution in [0.25, 0.3) is 0 Å². The minimum absolute atomic E-state index is 0.0259. The van der Waals surface area contributed by atoms with E-state index in [1.54, 1.807) is 16.7 Å². The van der Waals surface area contributed by atoms with Crippen LogP contribution < -0.4 is 10.1 Å². The Bertz CT molecular complexity index is 920. The van der Waals surface area contributed by atoms with Crippen LogP contribution in [-0.4, -0.2) is 78.3 Å². The average Bonchev–Trinajstić information content (AvgIpc) is 3.18. The van der Waals surface area contributed by atoms with Crippen molar-refractivity contribution in [2.24, 2.45) is 0 Å². The molecule has 12 heteroatoms. The number of carbonyl (C=O) groups excluding carboxylic acids is 2. The van der Waals surface area contributed by atoms with E-state index in [1.807, 2.05) is 0 Å². The molecule has 1 aromatic carbocycles. The van der Waals surface area contributed by atoms with Crippen molar-refractivity contribution in [1.29, 1.82) is 0 Å². The zero-order chi connectivity index (χ0) is 19.9. The molecule has 0 saturated carbocycles. The molecule has 0 radical (unpaired) electrons. The SMILES string of the molecule is O=C1COc2cc(S(=O)(=O)N3CSCC3C(=O)N3CCSCC3)c(Cl)cc2N1. The number of ether oxygens (including phenoxy) is 1. The number of rotatable bonds is 3. The molecule has 0 bridgehead atoms. The zero-order valence-electron chi connectivity index (χ0n) is 14.7. The van der Waals surface area contributed by atoms with Crippen LogP contribution in [0, 0.1) is 0 Å². The van der Waals surface area contributed by atoms with Crippen LogP contribution in [0.15, 0.2) is 17.0 Å². The number of fused-ring (bicyclic) bond motifs is 1. The highest BCUT2D eigenvalue weighted by Gasteiger charge is 2.43. The van der Waals surface area contributed by atoms with Crippen molar-refractivity contribution >= 4 is 62.6 Å². The quantitative estimate of drug-likeness (QED) is 0.721. The van der Waals surface area contributed by atoms with Gasteiger partial charge in [-0.05, 0) is 6.07 Å². The van der Waals surface area contributed by atoms with Crippen LogP contribution in [0.1, 0.15) is 0 Å². The second-order valence-corrected chi connectivity index (χ2v) is 11.0. The van der Waals surface area contributed by atoms with Crippen LogP contribution in [0.3, 0.4) is 0 Å². The Morgan fingerprint density at radius 1 is 1.25 bits per heavy atom. The lowest BCUT2D eigenvalue weighted by Gasteiger charge is -2.31. The van der Waals surface area contributed by atoms with Gasteiger partial charge in [0.2, 0.25) is 15.9 Å². The van der Waals surface area contributed by atoms with Gasteiger partial charge in [0.1, 0.15) is 16.7 Å². The molecular formula is C16H18ClN3O5S3. The van der Waals surface area contributed by atoms with E-state index in [4.69, 9.17) is 16.3 Å². The Kier molecular flexibility index (Phi) is 5.71. The molecular weight excluding hydrogens is 446 g/mol. The van der Waals surface area contributed by atoms with E-state index in [-0.39, 0.29) is 40.0 Å². The maximum atomic E-state index is 13.3. The van der Waals surface area contributed by atoms with Crippen molar-refractivity contribution in [2.45, 2.75) is 10.9 Å². The molecule has 1 atom stereocenters. The lowest BCUT2D eigenvalue weighted by Crippen LogP contribution is -2.51. The monoisotopic (exact) mass is 463 g/mol. The van der Waals surface area contributed by atoms with E-state index in [0.717, 1.165) is 11.5 Å². The molecule has 2 saturated heterocycles. The predicted molar refractivity (Wildman–Crippen MR) is 110 cm³/mol. The molecule has 1 unspecified atom stereocenters. The van der Waals surface area contributed by atoms with Crippen molar-refractivity contribution in [3.8, 4) is 5.75 Å². The van der Waals surface area contributed by atoms with Crippen molar-refractivity contribution < 1.29 is 22.7 Å². The highest BCUT2D eigenvalue weighted by molar-refractivity contribution is 8.00. The number of hydrogen-bond acceptors (Lipinski definition) is 7. The molecule has 3 aliphatic rings. The Hall–Kier alpha value is -1.14. The first-order valence-electron chi connectivity index (χ1n) is 8.60. The minimum Gasteiger partial charge on any atom is -0.482 e. The summed E-state index contributed by atoms with van der Waals surface area (Å²) in [6.45, 7) is 1.07. The molecule has 0 spiro atoms. The summed E-state index contributed by atoms with van der Waals surface area (Å²) in [6.07, 6.45) is 0. The smallest absolute Gasteiger partial charge is 0.262 e. The largest absolute Gasteiger partial charge is 0.482 e. The molecule has 3 aliphatic heterocycles. The molecule has 28 heavy (non-hydrogen) atoms. The van der Waals surface area contributed by atoms with Gasteiger partial charge in [0.05, 0.1) is 16.6 Å². The second kappa shape index (κ2) is 7.94. The van der Waals surface area contributed by atoms with Crippen LogP contribution in [0.4, 0.5) is 5.69 Å². The standard InChI is InChI=1S/C16H18ClN3O5S3/c17-10-5-11-13(25-7-15(21)18-11)6-14(10)28(23,24)20-9-27-8-12(20)16(22)19-1-3-26-4-2-19/h5-6,12H,1-4,7-9H2,(H,18,21). The number of amides is 2. The Morgan fingerprint density at radius 3 is 2.75 bits per heavy atom. The maximum absolute atomic E-state index is 13.3. The van der Waals surface area contributed by atoms with Crippen LogP contribution in [-0.2, 0) is 19.6 Å². The molecule has 2 fully saturated rings. The summed E-state index contributed by atoms with van der Waals surface area (Å²) in [5.41, 5.74) is 0.328. The topological polar surface area (TPSA) is 96.0 Å². The van der Waals surface area contributed by atoms with Crippen LogP contribution >= 0.6 is 35.1 Å². The Morgan fingerprint density at radius 2 is 2.00 bits per heavy atom. The van der Waals surface area contributed by atoms with Gasteiger partial charge in [-0.2, -0.15) is 16.1 Å². The molecule has 152 valence electrons. The molecule has 0 aromatic heterocycles. The van der Waals surface area contributed by atoms with Crippen molar-refractivity contribution in [2.75, 3.05) is 48.1 Å². The van der Waals surface area contributed by atoms with Crippen molar-refractivity contribution in [3.63, 3.8) is 0 Å². The van der Waals surface area contributed by atoms with Gasteiger partial charge in [-0.15, -0.1) is 11.8 Å². The summed E-state index contributed by atoms with van der Waals surface area (Å²) in [4.78, 5) is 26.0. The maximum Gasteiger partial charge on any atom is 0.262 e. The number of nitrogens with one attached hydrogen (secondary N) is 1. The lowest BCUT2D eigenvalue weighted by molar-refractivity contribution is -0.133. The van der Waals surface area contributed by atoms with E-state index in [2.05, 4.69) is 5.32 Å². The number of thioether (sulfide) groups is 2. The van der Waals surface area contributed by atoms with Gasteiger partial charge in [-0.3, -0.25) is 9.59 Å². The summed E-state index contributed by atoms with van der Waals surface area (Å²) >= 11 is 9.42. The van der Waals surface area contributed by atoms with E-state index in [0.29, 0.717) is 24.5 Å². The van der Waals surface area contributed by atoms with E-state index in [9.17, 15) is 18.0 Å². The van der Waals surface area contributed by atoms with Crippen LogP contribution in [0.2, 0.25) is 5.02 Å². The molecule has 2 amide bonds. The van der Waals surface area contributed by atoms with E-state index < -0.39 is 16.1 Å². The first-order chi connectivity index (χ1) is 13.4. The van der Waals surface area contributed by atoms with Gasteiger partial charge in [0.25, 0.3) is 5.91 Å². The fourth-order valence-corrected chi connectivity index (χ4v) is 7.82. The van der Waals surface area contributed by atoms with E-state index >= 15 is 0 Å². The van der Waals surface area contributed by atoms with Crippen molar-refractivity contribution in [1.82, 2.24) is 9.21 Å². The molecule has 3 heterocycles. The normalized spacial score (nSPS) is 23.1. The van der Waals surface area contributed by atoms with Gasteiger partial charge in [0, 0.05) is 36.4 Å². The third kappa shape index (κ3) is 3.70. The number of hydrogen-bond donors (Lipinski definition) is 1. The number of anilines is 1. The summed E-state index contributed by atoms with van der Waals surface area (Å²) in [5, 5.41) is 2.57. The summed E-state index contributed by atoms with van der Waals surface area (Å²) in [6, 6.07) is 1.93. The predicted octanol–water partition coefficient (Wildman–Crippen LogP) is 1.31. The molecule has 1 aromatic rings. The molecule has 1 N–H and O–H groups in total. The molecule has 4 rings (SSSR count). The van der Waals surface area contributed by atoms with Gasteiger partial charge >= 0.3 is 0 Å². The first kappa shape index (κ1) is 20.1. The number of carbonyl (C=O) groups is 2. The second-order valence-electron chi connectivity index (χ2n) is 6.46. The van der Waals surface area contributed by atoms with Crippen molar-refractivity contribution in [3.05, 3.63) is 17.2 Å². The Balaban J connectivity index is 1.64. The van der Waals surface area contributed by atoms with E-state index in [1.165, 1.54) is 28.2 Å². The number of nitrogens with zero attached hydrogens (tertiary/aromatic N) is 2. The minimum atomic E-state index is -4.01. The number of sulfonamides is 1. The first-order valence-corrected chi connectivity index (χ1v) is 12.7. The number of benzene rings is 1. The average molecular weight is 464 g/mol. The number of halogens is 1. The van der Waals surface area contributed by atoms with Crippen LogP contribution in [0.5, 0.6) is 5.75 Å². The molecule has 0 aliphatic carbocycles. The molecule has 8 nitrogen and oxygen atoms in total. The third-order valence-electron chi connectivity index (χ3n) is 4.70. The van der Waals surface area contributed by atoms with Gasteiger partial charge in [-0.25, -0.2) is 8.42 Å². The Labute approximate surface area is 176 Å². The fourth-order valence-electron chi connectivity index (χ4n) is 3.26. The van der Waals surface area contributed by atoms with Gasteiger partial charge in [-0.1, -0.05) is 11.6 Å². The summed E-state index contributed by atoms with van der Waals surface area (Å²) in [7, 11) is -4.01. The summed E-state index contributed by atoms with van der Waals surface area (Å²) in [5.74, 6) is 2.07.